The predicted molar refractivity (Wildman–Crippen MR) is 119 cm³/mol. The molecule has 0 N–H and O–H groups in total. The molecule has 4 rings (SSSR count). The van der Waals surface area contributed by atoms with Gasteiger partial charge in [0.05, 0.1) is 14.2 Å². The van der Waals surface area contributed by atoms with E-state index in [9.17, 15) is 0 Å². The first kappa shape index (κ1) is 17.9. The van der Waals surface area contributed by atoms with E-state index < -0.39 is 0 Å². The van der Waals surface area contributed by atoms with E-state index in [1.54, 1.807) is 14.2 Å². The smallest absolute Gasteiger partial charge is 0.127 e. The van der Waals surface area contributed by atoms with Crippen LogP contribution in [0.5, 0.6) is 11.5 Å². The molecule has 4 aromatic rings. The average Bonchev–Trinajstić information content (AvgIpc) is 2.76. The van der Waals surface area contributed by atoms with Crippen LogP contribution >= 0.6 is 0 Å². The maximum absolute atomic E-state index is 5.67. The molecule has 0 amide bonds. The quantitative estimate of drug-likeness (QED) is 0.364. The first-order valence-corrected chi connectivity index (χ1v) is 9.16. The van der Waals surface area contributed by atoms with E-state index in [1.807, 2.05) is 36.4 Å². The lowest BCUT2D eigenvalue weighted by molar-refractivity contribution is 0.413. The summed E-state index contributed by atoms with van der Waals surface area (Å²) in [4.78, 5) is 0. The van der Waals surface area contributed by atoms with Crippen molar-refractivity contribution >= 4 is 32.7 Å². The van der Waals surface area contributed by atoms with Crippen LogP contribution in [0.3, 0.4) is 0 Å². The number of methoxy groups -OCH3 is 2. The highest BCUT2D eigenvalue weighted by Crippen LogP contribution is 2.43. The van der Waals surface area contributed by atoms with Gasteiger partial charge in [-0.05, 0) is 44.8 Å². The molecule has 0 radical (unpaired) electrons. The summed E-state index contributed by atoms with van der Waals surface area (Å²) < 4.78 is 11.3. The van der Waals surface area contributed by atoms with Gasteiger partial charge in [-0.1, -0.05) is 73.8 Å². The molecule has 0 aromatic heterocycles. The summed E-state index contributed by atoms with van der Waals surface area (Å²) in [7, 11) is 3.37. The molecule has 0 fully saturated rings. The third kappa shape index (κ3) is 2.84. The summed E-state index contributed by atoms with van der Waals surface area (Å²) >= 11 is 0. The van der Waals surface area contributed by atoms with Crippen LogP contribution in [-0.4, -0.2) is 14.2 Å². The fourth-order valence-corrected chi connectivity index (χ4v) is 3.77. The molecular formula is C26H22O2. The maximum Gasteiger partial charge on any atom is 0.127 e. The number of ether oxygens (including phenoxy) is 2. The normalized spacial score (nSPS) is 10.8. The van der Waals surface area contributed by atoms with Crippen molar-refractivity contribution in [3.63, 3.8) is 0 Å². The molecule has 0 spiro atoms. The minimum Gasteiger partial charge on any atom is -0.496 e. The SMILES string of the molecule is C=C(C(=C)c1c(OC)ccc2ccccc12)c1c(OC)ccc2ccccc12. The van der Waals surface area contributed by atoms with Gasteiger partial charge in [0.25, 0.3) is 0 Å². The highest BCUT2D eigenvalue weighted by molar-refractivity contribution is 6.15. The fraction of sp³-hybridized carbons (Fsp3) is 0.0769. The zero-order valence-electron chi connectivity index (χ0n) is 16.2. The van der Waals surface area contributed by atoms with E-state index in [0.717, 1.165) is 55.3 Å². The molecule has 0 unspecified atom stereocenters. The lowest BCUT2D eigenvalue weighted by Gasteiger charge is -2.19. The topological polar surface area (TPSA) is 18.5 Å². The van der Waals surface area contributed by atoms with Crippen molar-refractivity contribution in [1.82, 2.24) is 0 Å². The first-order valence-electron chi connectivity index (χ1n) is 9.16. The molecule has 0 saturated carbocycles. The molecule has 2 nitrogen and oxygen atoms in total. The molecule has 0 aliphatic carbocycles. The van der Waals surface area contributed by atoms with Crippen LogP contribution in [0.15, 0.2) is 86.0 Å². The van der Waals surface area contributed by atoms with Crippen molar-refractivity contribution in [3.8, 4) is 11.5 Å². The van der Waals surface area contributed by atoms with Gasteiger partial charge in [0.2, 0.25) is 0 Å². The Morgan fingerprint density at radius 1 is 0.571 bits per heavy atom. The van der Waals surface area contributed by atoms with Gasteiger partial charge in [0, 0.05) is 11.1 Å². The Hall–Kier alpha value is -3.52. The Labute approximate surface area is 165 Å². The Morgan fingerprint density at radius 2 is 0.964 bits per heavy atom. The van der Waals surface area contributed by atoms with E-state index in [0.29, 0.717) is 0 Å². The summed E-state index contributed by atoms with van der Waals surface area (Å²) in [6.07, 6.45) is 0. The zero-order valence-corrected chi connectivity index (χ0v) is 16.2. The number of hydrogen-bond acceptors (Lipinski definition) is 2. The van der Waals surface area contributed by atoms with Gasteiger partial charge in [-0.15, -0.1) is 0 Å². The zero-order chi connectivity index (χ0) is 19.7. The molecule has 2 heteroatoms. The molecule has 0 bridgehead atoms. The minimum atomic E-state index is 0.782. The third-order valence-corrected chi connectivity index (χ3v) is 5.19. The van der Waals surface area contributed by atoms with Gasteiger partial charge in [-0.2, -0.15) is 0 Å². The van der Waals surface area contributed by atoms with Crippen LogP contribution in [0.25, 0.3) is 32.7 Å². The van der Waals surface area contributed by atoms with Gasteiger partial charge in [0.15, 0.2) is 0 Å². The summed E-state index contributed by atoms with van der Waals surface area (Å²) in [5, 5.41) is 4.45. The van der Waals surface area contributed by atoms with Crippen LogP contribution in [0.1, 0.15) is 11.1 Å². The molecule has 0 aliphatic rings. The lowest BCUT2D eigenvalue weighted by Crippen LogP contribution is -1.98. The predicted octanol–water partition coefficient (Wildman–Crippen LogP) is 6.74. The first-order chi connectivity index (χ1) is 13.7. The van der Waals surface area contributed by atoms with Gasteiger partial charge in [-0.3, -0.25) is 0 Å². The second kappa shape index (κ2) is 7.24. The fourth-order valence-electron chi connectivity index (χ4n) is 3.77. The molecule has 0 heterocycles. The van der Waals surface area contributed by atoms with Crippen molar-refractivity contribution in [2.24, 2.45) is 0 Å². The van der Waals surface area contributed by atoms with E-state index in [2.05, 4.69) is 49.6 Å². The van der Waals surface area contributed by atoms with Gasteiger partial charge in [0.1, 0.15) is 11.5 Å². The van der Waals surface area contributed by atoms with Crippen LogP contribution in [0, 0.1) is 0 Å². The summed E-state index contributed by atoms with van der Waals surface area (Å²) in [5.74, 6) is 1.56. The largest absolute Gasteiger partial charge is 0.496 e. The standard InChI is InChI=1S/C26H22O2/c1-17(25-21-11-7-5-9-19(21)13-15-23(25)27-3)18(2)26-22-12-8-6-10-20(22)14-16-24(26)28-4/h5-16H,1-2H2,3-4H3. The minimum absolute atomic E-state index is 0.782. The number of rotatable bonds is 5. The second-order valence-electron chi connectivity index (χ2n) is 6.69. The van der Waals surface area contributed by atoms with Gasteiger partial charge >= 0.3 is 0 Å². The Bertz CT molecular complexity index is 1120. The van der Waals surface area contributed by atoms with E-state index >= 15 is 0 Å². The van der Waals surface area contributed by atoms with E-state index in [-0.39, 0.29) is 0 Å². The Morgan fingerprint density at radius 3 is 1.36 bits per heavy atom. The summed E-state index contributed by atoms with van der Waals surface area (Å²) in [6, 6.07) is 24.6. The van der Waals surface area contributed by atoms with Crippen molar-refractivity contribution in [3.05, 3.63) is 97.1 Å². The summed E-state index contributed by atoms with van der Waals surface area (Å²) in [6.45, 7) is 8.81. The highest BCUT2D eigenvalue weighted by atomic mass is 16.5. The lowest BCUT2D eigenvalue weighted by atomic mass is 9.88. The molecule has 0 aliphatic heterocycles. The van der Waals surface area contributed by atoms with Crippen LogP contribution in [0.2, 0.25) is 0 Å². The van der Waals surface area contributed by atoms with Gasteiger partial charge in [-0.25, -0.2) is 0 Å². The molecular weight excluding hydrogens is 344 g/mol. The Kier molecular flexibility index (Phi) is 4.62. The highest BCUT2D eigenvalue weighted by Gasteiger charge is 2.19. The number of allylic oxidation sites excluding steroid dienone is 2. The molecule has 0 saturated heterocycles. The van der Waals surface area contributed by atoms with Gasteiger partial charge < -0.3 is 9.47 Å². The Balaban J connectivity index is 1.95. The number of hydrogen-bond donors (Lipinski definition) is 0. The molecule has 0 atom stereocenters. The molecule has 138 valence electrons. The van der Waals surface area contributed by atoms with Crippen molar-refractivity contribution in [1.29, 1.82) is 0 Å². The molecule has 28 heavy (non-hydrogen) atoms. The van der Waals surface area contributed by atoms with E-state index in [1.165, 1.54) is 0 Å². The monoisotopic (exact) mass is 366 g/mol. The summed E-state index contributed by atoms with van der Waals surface area (Å²) in [5.41, 5.74) is 3.56. The molecule has 4 aromatic carbocycles. The van der Waals surface area contributed by atoms with Crippen molar-refractivity contribution in [2.75, 3.05) is 14.2 Å². The number of fused-ring (bicyclic) bond motifs is 2. The van der Waals surface area contributed by atoms with Crippen LogP contribution in [-0.2, 0) is 0 Å². The van der Waals surface area contributed by atoms with Crippen molar-refractivity contribution < 1.29 is 9.47 Å². The van der Waals surface area contributed by atoms with Crippen LogP contribution < -0.4 is 9.47 Å². The maximum atomic E-state index is 5.67. The van der Waals surface area contributed by atoms with Crippen molar-refractivity contribution in [2.45, 2.75) is 0 Å². The van der Waals surface area contributed by atoms with E-state index in [4.69, 9.17) is 9.47 Å². The van der Waals surface area contributed by atoms with Crippen LogP contribution in [0.4, 0.5) is 0 Å². The third-order valence-electron chi connectivity index (χ3n) is 5.19. The second-order valence-corrected chi connectivity index (χ2v) is 6.69. The number of benzene rings is 4. The average molecular weight is 366 g/mol.